The van der Waals surface area contributed by atoms with E-state index in [0.29, 0.717) is 5.75 Å². The van der Waals surface area contributed by atoms with Gasteiger partial charge in [-0.05, 0) is 19.1 Å². The maximum Gasteiger partial charge on any atom is 0.513 e. The number of hydrogen-bond donors (Lipinski definition) is 0. The van der Waals surface area contributed by atoms with Crippen LogP contribution in [0.2, 0.25) is 5.02 Å². The highest BCUT2D eigenvalue weighted by atomic mass is 35.5. The van der Waals surface area contributed by atoms with E-state index < -0.39 is 6.16 Å². The lowest BCUT2D eigenvalue weighted by atomic mass is 10.3. The third-order valence-electron chi connectivity index (χ3n) is 1.60. The van der Waals surface area contributed by atoms with E-state index in [1.54, 1.807) is 25.1 Å². The van der Waals surface area contributed by atoms with Crippen molar-refractivity contribution in [1.82, 2.24) is 0 Å². The lowest BCUT2D eigenvalue weighted by molar-refractivity contribution is 0.104. The van der Waals surface area contributed by atoms with E-state index >= 15 is 0 Å². The minimum atomic E-state index is -0.785. The fraction of sp³-hybridized carbons (Fsp3) is 0.300. The van der Waals surface area contributed by atoms with Crippen molar-refractivity contribution in [2.75, 3.05) is 13.7 Å². The topological polar surface area (TPSA) is 44.8 Å². The second kappa shape index (κ2) is 5.46. The lowest BCUT2D eigenvalue weighted by Crippen LogP contribution is -2.10. The summed E-state index contributed by atoms with van der Waals surface area (Å²) in [5.74, 6) is 0.660. The van der Waals surface area contributed by atoms with Crippen LogP contribution in [0.15, 0.2) is 18.2 Å². The Kier molecular flexibility index (Phi) is 4.24. The molecule has 0 aliphatic rings. The standard InChI is InChI=1S/C10H11ClO4/c1-3-14-10(12)15-8-6-4-5-7(13-2)9(8)11/h4-6H,3H2,1-2H3. The van der Waals surface area contributed by atoms with Crippen molar-refractivity contribution in [1.29, 1.82) is 0 Å². The van der Waals surface area contributed by atoms with Gasteiger partial charge in [-0.2, -0.15) is 0 Å². The summed E-state index contributed by atoms with van der Waals surface area (Å²) in [4.78, 5) is 11.0. The van der Waals surface area contributed by atoms with Gasteiger partial charge in [-0.25, -0.2) is 4.79 Å². The van der Waals surface area contributed by atoms with Gasteiger partial charge in [0, 0.05) is 0 Å². The van der Waals surface area contributed by atoms with Crippen molar-refractivity contribution >= 4 is 17.8 Å². The molecule has 0 amide bonds. The molecule has 0 fully saturated rings. The van der Waals surface area contributed by atoms with Crippen molar-refractivity contribution in [2.24, 2.45) is 0 Å². The quantitative estimate of drug-likeness (QED) is 0.592. The molecule has 0 N–H and O–H groups in total. The predicted molar refractivity (Wildman–Crippen MR) is 55.7 cm³/mol. The maximum atomic E-state index is 11.0. The molecule has 0 heterocycles. The largest absolute Gasteiger partial charge is 0.513 e. The Morgan fingerprint density at radius 2 is 2.07 bits per heavy atom. The summed E-state index contributed by atoms with van der Waals surface area (Å²) >= 11 is 5.90. The number of halogens is 1. The van der Waals surface area contributed by atoms with E-state index in [2.05, 4.69) is 4.74 Å². The molecule has 15 heavy (non-hydrogen) atoms. The third-order valence-corrected chi connectivity index (χ3v) is 1.98. The zero-order valence-electron chi connectivity index (χ0n) is 8.45. The zero-order chi connectivity index (χ0) is 11.3. The molecule has 0 bridgehead atoms. The molecule has 0 saturated heterocycles. The van der Waals surface area contributed by atoms with E-state index in [-0.39, 0.29) is 17.4 Å². The van der Waals surface area contributed by atoms with Gasteiger partial charge in [-0.1, -0.05) is 17.7 Å². The van der Waals surface area contributed by atoms with Crippen LogP contribution < -0.4 is 9.47 Å². The van der Waals surface area contributed by atoms with Gasteiger partial charge >= 0.3 is 6.16 Å². The van der Waals surface area contributed by atoms with Crippen molar-refractivity contribution in [3.05, 3.63) is 23.2 Å². The number of hydrogen-bond acceptors (Lipinski definition) is 4. The van der Waals surface area contributed by atoms with Gasteiger partial charge in [0.1, 0.15) is 10.8 Å². The molecule has 0 saturated carbocycles. The molecule has 4 nitrogen and oxygen atoms in total. The van der Waals surface area contributed by atoms with Crippen LogP contribution in [0.4, 0.5) is 4.79 Å². The van der Waals surface area contributed by atoms with Crippen LogP contribution in [0, 0.1) is 0 Å². The average Bonchev–Trinajstić information content (AvgIpc) is 2.21. The summed E-state index contributed by atoms with van der Waals surface area (Å²) < 4.78 is 14.4. The van der Waals surface area contributed by atoms with E-state index in [4.69, 9.17) is 21.1 Å². The highest BCUT2D eigenvalue weighted by molar-refractivity contribution is 6.33. The second-order valence-corrected chi connectivity index (χ2v) is 2.94. The Bertz CT molecular complexity index is 351. The van der Waals surface area contributed by atoms with Gasteiger partial charge in [0.05, 0.1) is 13.7 Å². The van der Waals surface area contributed by atoms with Crippen molar-refractivity contribution < 1.29 is 19.0 Å². The summed E-state index contributed by atoms with van der Waals surface area (Å²) in [5.41, 5.74) is 0. The van der Waals surface area contributed by atoms with E-state index in [9.17, 15) is 4.79 Å². The van der Waals surface area contributed by atoms with Crippen LogP contribution in [0.1, 0.15) is 6.92 Å². The Morgan fingerprint density at radius 3 is 2.67 bits per heavy atom. The number of methoxy groups -OCH3 is 1. The molecule has 0 unspecified atom stereocenters. The monoisotopic (exact) mass is 230 g/mol. The summed E-state index contributed by atoms with van der Waals surface area (Å²) in [6, 6.07) is 4.89. The molecule has 82 valence electrons. The minimum absolute atomic E-state index is 0.217. The summed E-state index contributed by atoms with van der Waals surface area (Å²) in [5, 5.41) is 0.244. The maximum absolute atomic E-state index is 11.0. The number of ether oxygens (including phenoxy) is 3. The van der Waals surface area contributed by atoms with Crippen molar-refractivity contribution in [3.8, 4) is 11.5 Å². The number of benzene rings is 1. The molecular formula is C10H11ClO4. The minimum Gasteiger partial charge on any atom is -0.495 e. The Labute approximate surface area is 92.7 Å². The van der Waals surface area contributed by atoms with Crippen LogP contribution in [-0.4, -0.2) is 19.9 Å². The molecule has 5 heteroatoms. The van der Waals surface area contributed by atoms with Gasteiger partial charge < -0.3 is 14.2 Å². The molecule has 0 radical (unpaired) electrons. The van der Waals surface area contributed by atoms with Crippen LogP contribution >= 0.6 is 11.6 Å². The smallest absolute Gasteiger partial charge is 0.495 e. The van der Waals surface area contributed by atoms with Crippen LogP contribution in [0.25, 0.3) is 0 Å². The zero-order valence-corrected chi connectivity index (χ0v) is 9.21. The van der Waals surface area contributed by atoms with Gasteiger partial charge in [-0.3, -0.25) is 0 Å². The van der Waals surface area contributed by atoms with E-state index in [1.807, 2.05) is 0 Å². The third kappa shape index (κ3) is 3.02. The number of rotatable bonds is 3. The van der Waals surface area contributed by atoms with Crippen molar-refractivity contribution in [3.63, 3.8) is 0 Å². The Morgan fingerprint density at radius 1 is 1.40 bits per heavy atom. The highest BCUT2D eigenvalue weighted by Crippen LogP contribution is 2.33. The molecule has 0 aromatic heterocycles. The molecule has 0 atom stereocenters. The van der Waals surface area contributed by atoms with Crippen LogP contribution in [0.3, 0.4) is 0 Å². The van der Waals surface area contributed by atoms with Crippen molar-refractivity contribution in [2.45, 2.75) is 6.92 Å². The fourth-order valence-electron chi connectivity index (χ4n) is 0.964. The van der Waals surface area contributed by atoms with E-state index in [1.165, 1.54) is 7.11 Å². The molecule has 0 aliphatic heterocycles. The first kappa shape index (κ1) is 11.7. The Balaban J connectivity index is 2.81. The van der Waals surface area contributed by atoms with E-state index in [0.717, 1.165) is 0 Å². The number of carbonyl (C=O) groups excluding carboxylic acids is 1. The van der Waals surface area contributed by atoms with Gasteiger partial charge in [0.25, 0.3) is 0 Å². The molecule has 1 aromatic carbocycles. The van der Waals surface area contributed by atoms with Crippen LogP contribution in [0.5, 0.6) is 11.5 Å². The molecule has 1 rings (SSSR count). The summed E-state index contributed by atoms with van der Waals surface area (Å²) in [6.07, 6.45) is -0.785. The fourth-order valence-corrected chi connectivity index (χ4v) is 1.21. The summed E-state index contributed by atoms with van der Waals surface area (Å²) in [7, 11) is 1.48. The molecule has 1 aromatic rings. The molecule has 0 aliphatic carbocycles. The van der Waals surface area contributed by atoms with Gasteiger partial charge in [0.15, 0.2) is 5.75 Å². The second-order valence-electron chi connectivity index (χ2n) is 2.56. The first-order chi connectivity index (χ1) is 7.19. The SMILES string of the molecule is CCOC(=O)Oc1cccc(OC)c1Cl. The Hall–Kier alpha value is -1.42. The summed E-state index contributed by atoms with van der Waals surface area (Å²) in [6.45, 7) is 1.94. The number of carbonyl (C=O) groups is 1. The normalized spacial score (nSPS) is 9.53. The highest BCUT2D eigenvalue weighted by Gasteiger charge is 2.11. The molecular weight excluding hydrogens is 220 g/mol. The lowest BCUT2D eigenvalue weighted by Gasteiger charge is -2.08. The first-order valence-corrected chi connectivity index (χ1v) is 4.74. The molecule has 0 spiro atoms. The van der Waals surface area contributed by atoms with Crippen LogP contribution in [-0.2, 0) is 4.74 Å². The first-order valence-electron chi connectivity index (χ1n) is 4.36. The van der Waals surface area contributed by atoms with Gasteiger partial charge in [0.2, 0.25) is 0 Å². The predicted octanol–water partition coefficient (Wildman–Crippen LogP) is 2.88. The average molecular weight is 231 g/mol. The van der Waals surface area contributed by atoms with Gasteiger partial charge in [-0.15, -0.1) is 0 Å².